The lowest BCUT2D eigenvalue weighted by molar-refractivity contribution is 0.199. The van der Waals surface area contributed by atoms with E-state index in [2.05, 4.69) is 58.2 Å². The van der Waals surface area contributed by atoms with Crippen LogP contribution in [0, 0.1) is 6.92 Å². The summed E-state index contributed by atoms with van der Waals surface area (Å²) in [6, 6.07) is 7.18. The topological polar surface area (TPSA) is 15.3 Å². The second kappa shape index (κ2) is 5.30. The molecule has 0 saturated carbocycles. The van der Waals surface area contributed by atoms with Gasteiger partial charge in [0, 0.05) is 36.7 Å². The third kappa shape index (κ3) is 3.06. The minimum absolute atomic E-state index is 0.609. The maximum Gasteiger partial charge on any atom is 0.0246 e. The van der Waals surface area contributed by atoms with E-state index >= 15 is 0 Å². The molecule has 1 aliphatic heterocycles. The predicted octanol–water partition coefficient (Wildman–Crippen LogP) is 2.55. The van der Waals surface area contributed by atoms with E-state index in [0.29, 0.717) is 6.04 Å². The van der Waals surface area contributed by atoms with Crippen molar-refractivity contribution in [3.05, 3.63) is 33.8 Å². The van der Waals surface area contributed by atoms with E-state index in [9.17, 15) is 0 Å². The summed E-state index contributed by atoms with van der Waals surface area (Å²) in [4.78, 5) is 2.51. The molecule has 0 bridgehead atoms. The van der Waals surface area contributed by atoms with Gasteiger partial charge in [-0.3, -0.25) is 4.90 Å². The number of aryl methyl sites for hydroxylation is 1. The number of piperazine rings is 1. The molecule has 0 radical (unpaired) electrons. The molecule has 3 heteroatoms. The van der Waals surface area contributed by atoms with E-state index in [1.54, 1.807) is 0 Å². The zero-order valence-corrected chi connectivity index (χ0v) is 11.5. The molecule has 0 spiro atoms. The quantitative estimate of drug-likeness (QED) is 0.897. The van der Waals surface area contributed by atoms with Crippen LogP contribution < -0.4 is 5.32 Å². The summed E-state index contributed by atoms with van der Waals surface area (Å²) < 4.78 is 1.23. The van der Waals surface area contributed by atoms with Crippen molar-refractivity contribution in [2.75, 3.05) is 19.6 Å². The summed E-state index contributed by atoms with van der Waals surface area (Å²) in [6.07, 6.45) is 0. The van der Waals surface area contributed by atoms with Crippen LogP contribution in [0.2, 0.25) is 0 Å². The van der Waals surface area contributed by atoms with Crippen LogP contribution in [-0.2, 0) is 6.54 Å². The summed E-state index contributed by atoms with van der Waals surface area (Å²) in [6.45, 7) is 8.83. The van der Waals surface area contributed by atoms with Gasteiger partial charge in [-0.2, -0.15) is 0 Å². The molecule has 1 aliphatic rings. The lowest BCUT2D eigenvalue weighted by Crippen LogP contribution is -2.48. The van der Waals surface area contributed by atoms with E-state index in [1.807, 2.05) is 0 Å². The van der Waals surface area contributed by atoms with E-state index in [-0.39, 0.29) is 0 Å². The number of hydrogen-bond donors (Lipinski definition) is 1. The van der Waals surface area contributed by atoms with Crippen LogP contribution in [0.1, 0.15) is 18.1 Å². The SMILES string of the molecule is Cc1ccc(Br)c(CN2CCNC(C)C2)c1. The predicted molar refractivity (Wildman–Crippen MR) is 71.6 cm³/mol. The number of rotatable bonds is 2. The molecule has 0 amide bonds. The molecule has 0 aliphatic carbocycles. The van der Waals surface area contributed by atoms with Crippen LogP contribution in [0.3, 0.4) is 0 Å². The fraction of sp³-hybridized carbons (Fsp3) is 0.538. The van der Waals surface area contributed by atoms with Crippen molar-refractivity contribution in [1.29, 1.82) is 0 Å². The smallest absolute Gasteiger partial charge is 0.0246 e. The Hall–Kier alpha value is -0.380. The van der Waals surface area contributed by atoms with Gasteiger partial charge in [0.1, 0.15) is 0 Å². The molecular formula is C13H19BrN2. The van der Waals surface area contributed by atoms with Crippen molar-refractivity contribution in [3.8, 4) is 0 Å². The third-order valence-electron chi connectivity index (χ3n) is 3.05. The number of nitrogens with zero attached hydrogens (tertiary/aromatic N) is 1. The first kappa shape index (κ1) is 12.1. The Morgan fingerprint density at radius 2 is 2.31 bits per heavy atom. The van der Waals surface area contributed by atoms with Gasteiger partial charge in [-0.25, -0.2) is 0 Å². The maximum absolute atomic E-state index is 3.63. The van der Waals surface area contributed by atoms with Crippen molar-refractivity contribution in [1.82, 2.24) is 10.2 Å². The Balaban J connectivity index is 2.05. The van der Waals surface area contributed by atoms with Crippen LogP contribution in [-0.4, -0.2) is 30.6 Å². The Kier molecular flexibility index (Phi) is 4.00. The lowest BCUT2D eigenvalue weighted by Gasteiger charge is -2.32. The molecule has 0 aromatic heterocycles. The zero-order chi connectivity index (χ0) is 11.5. The van der Waals surface area contributed by atoms with E-state index < -0.39 is 0 Å². The monoisotopic (exact) mass is 282 g/mol. The van der Waals surface area contributed by atoms with Gasteiger partial charge in [0.15, 0.2) is 0 Å². The van der Waals surface area contributed by atoms with Gasteiger partial charge >= 0.3 is 0 Å². The summed E-state index contributed by atoms with van der Waals surface area (Å²) in [7, 11) is 0. The second-order valence-corrected chi connectivity index (χ2v) is 5.54. The molecule has 1 unspecified atom stereocenters. The molecule has 1 saturated heterocycles. The molecular weight excluding hydrogens is 264 g/mol. The highest BCUT2D eigenvalue weighted by molar-refractivity contribution is 9.10. The van der Waals surface area contributed by atoms with E-state index in [1.165, 1.54) is 15.6 Å². The Labute approximate surface area is 106 Å². The minimum atomic E-state index is 0.609. The first-order valence-corrected chi connectivity index (χ1v) is 6.65. The Morgan fingerprint density at radius 3 is 3.06 bits per heavy atom. The molecule has 1 aromatic carbocycles. The average molecular weight is 283 g/mol. The van der Waals surface area contributed by atoms with Crippen LogP contribution in [0.25, 0.3) is 0 Å². The summed E-state index contributed by atoms with van der Waals surface area (Å²) >= 11 is 3.63. The van der Waals surface area contributed by atoms with Crippen molar-refractivity contribution >= 4 is 15.9 Å². The van der Waals surface area contributed by atoms with Gasteiger partial charge < -0.3 is 5.32 Å². The van der Waals surface area contributed by atoms with Gasteiger partial charge in [-0.1, -0.05) is 33.6 Å². The second-order valence-electron chi connectivity index (χ2n) is 4.69. The third-order valence-corrected chi connectivity index (χ3v) is 3.82. The molecule has 1 atom stereocenters. The van der Waals surface area contributed by atoms with Gasteiger partial charge in [0.25, 0.3) is 0 Å². The van der Waals surface area contributed by atoms with Crippen LogP contribution in [0.4, 0.5) is 0 Å². The number of halogens is 1. The fourth-order valence-corrected chi connectivity index (χ4v) is 2.59. The van der Waals surface area contributed by atoms with Crippen LogP contribution in [0.15, 0.2) is 22.7 Å². The first-order valence-electron chi connectivity index (χ1n) is 5.86. The summed E-state index contributed by atoms with van der Waals surface area (Å²) in [5, 5.41) is 3.47. The van der Waals surface area contributed by atoms with E-state index in [4.69, 9.17) is 0 Å². The molecule has 1 N–H and O–H groups in total. The lowest BCUT2D eigenvalue weighted by atomic mass is 10.1. The highest BCUT2D eigenvalue weighted by Gasteiger charge is 2.16. The highest BCUT2D eigenvalue weighted by atomic mass is 79.9. The molecule has 16 heavy (non-hydrogen) atoms. The van der Waals surface area contributed by atoms with Gasteiger partial charge in [0.2, 0.25) is 0 Å². The summed E-state index contributed by atoms with van der Waals surface area (Å²) in [5.41, 5.74) is 2.73. The normalized spacial score (nSPS) is 22.3. The van der Waals surface area contributed by atoms with Crippen molar-refractivity contribution in [2.45, 2.75) is 26.4 Å². The van der Waals surface area contributed by atoms with Gasteiger partial charge in [-0.05, 0) is 25.5 Å². The average Bonchev–Trinajstić information content (AvgIpc) is 2.24. The number of hydrogen-bond acceptors (Lipinski definition) is 2. The molecule has 1 fully saturated rings. The largest absolute Gasteiger partial charge is 0.312 e. The maximum atomic E-state index is 3.63. The minimum Gasteiger partial charge on any atom is -0.312 e. The first-order chi connectivity index (χ1) is 7.65. The summed E-state index contributed by atoms with van der Waals surface area (Å²) in [5.74, 6) is 0. The molecule has 1 aromatic rings. The highest BCUT2D eigenvalue weighted by Crippen LogP contribution is 2.20. The number of nitrogens with one attached hydrogen (secondary N) is 1. The molecule has 88 valence electrons. The molecule has 1 heterocycles. The Morgan fingerprint density at radius 1 is 1.50 bits per heavy atom. The molecule has 2 nitrogen and oxygen atoms in total. The number of benzene rings is 1. The van der Waals surface area contributed by atoms with Gasteiger partial charge in [0.05, 0.1) is 0 Å². The van der Waals surface area contributed by atoms with Crippen LogP contribution in [0.5, 0.6) is 0 Å². The van der Waals surface area contributed by atoms with Crippen LogP contribution >= 0.6 is 15.9 Å². The van der Waals surface area contributed by atoms with Crippen molar-refractivity contribution in [3.63, 3.8) is 0 Å². The van der Waals surface area contributed by atoms with E-state index in [0.717, 1.165) is 26.2 Å². The van der Waals surface area contributed by atoms with Gasteiger partial charge in [-0.15, -0.1) is 0 Å². The van der Waals surface area contributed by atoms with Crippen molar-refractivity contribution in [2.24, 2.45) is 0 Å². The standard InChI is InChI=1S/C13H19BrN2/c1-10-3-4-13(14)12(7-10)9-16-6-5-15-11(2)8-16/h3-4,7,11,15H,5-6,8-9H2,1-2H3. The zero-order valence-electron chi connectivity index (χ0n) is 9.96. The van der Waals surface area contributed by atoms with Crippen molar-refractivity contribution < 1.29 is 0 Å². The Bertz CT molecular complexity index is 365. The molecule has 2 rings (SSSR count). The fourth-order valence-electron chi connectivity index (χ4n) is 2.22.